The molecule has 2 aliphatic heterocycles. The highest BCUT2D eigenvalue weighted by Crippen LogP contribution is 2.50. The molecule has 2 heterocycles. The summed E-state index contributed by atoms with van der Waals surface area (Å²) in [5.41, 5.74) is 1.89. The zero-order valence-corrected chi connectivity index (χ0v) is 19.3. The number of carbonyl (C=O) groups excluding carboxylic acids is 1. The van der Waals surface area contributed by atoms with Gasteiger partial charge in [-0.05, 0) is 48.9 Å². The van der Waals surface area contributed by atoms with Crippen LogP contribution in [0.2, 0.25) is 0 Å². The second kappa shape index (κ2) is 8.63. The molecule has 1 amide bonds. The molecule has 0 aromatic heterocycles. The van der Waals surface area contributed by atoms with Crippen LogP contribution in [0.5, 0.6) is 5.75 Å². The van der Waals surface area contributed by atoms with Gasteiger partial charge in [0.1, 0.15) is 16.3 Å². The smallest absolute Gasteiger partial charge is 0.269 e. The number of benzene rings is 2. The third-order valence-electron chi connectivity index (χ3n) is 5.99. The van der Waals surface area contributed by atoms with Gasteiger partial charge in [0, 0.05) is 18.0 Å². The van der Waals surface area contributed by atoms with Crippen molar-refractivity contribution >= 4 is 46.0 Å². The number of ether oxygens (including phenoxy) is 1. The normalized spacial score (nSPS) is 23.0. The van der Waals surface area contributed by atoms with E-state index in [9.17, 15) is 4.79 Å². The molecule has 0 bridgehead atoms. The summed E-state index contributed by atoms with van der Waals surface area (Å²) in [7, 11) is 3.69. The number of amidine groups is 1. The van der Waals surface area contributed by atoms with Crippen molar-refractivity contribution in [3.8, 4) is 5.75 Å². The maximum absolute atomic E-state index is 13.7. The van der Waals surface area contributed by atoms with Crippen LogP contribution in [0.4, 0.5) is 11.4 Å². The molecule has 2 aromatic rings. The summed E-state index contributed by atoms with van der Waals surface area (Å²) in [4.78, 5) is 24.7. The van der Waals surface area contributed by atoms with E-state index in [1.165, 1.54) is 23.1 Å². The SMILES string of the molecule is COc1ccccc1N=C1S/C(=C2\Sc3ccccc3N2C)C(=O)N1C1CCCCC1. The zero-order valence-electron chi connectivity index (χ0n) is 17.7. The van der Waals surface area contributed by atoms with Crippen molar-refractivity contribution in [2.45, 2.75) is 43.0 Å². The molecule has 31 heavy (non-hydrogen) atoms. The molecule has 7 heteroatoms. The largest absolute Gasteiger partial charge is 0.494 e. The number of anilines is 1. The van der Waals surface area contributed by atoms with Crippen LogP contribution in [-0.4, -0.2) is 36.2 Å². The van der Waals surface area contributed by atoms with Crippen LogP contribution < -0.4 is 9.64 Å². The minimum atomic E-state index is 0.0766. The quantitative estimate of drug-likeness (QED) is 0.536. The van der Waals surface area contributed by atoms with E-state index in [2.05, 4.69) is 17.0 Å². The summed E-state index contributed by atoms with van der Waals surface area (Å²) in [6, 6.07) is 16.2. The van der Waals surface area contributed by atoms with Gasteiger partial charge in [-0.15, -0.1) is 0 Å². The Morgan fingerprint density at radius 2 is 1.74 bits per heavy atom. The van der Waals surface area contributed by atoms with Crippen molar-refractivity contribution in [1.82, 2.24) is 4.90 Å². The molecule has 1 aliphatic carbocycles. The van der Waals surface area contributed by atoms with Crippen molar-refractivity contribution < 1.29 is 9.53 Å². The van der Waals surface area contributed by atoms with Gasteiger partial charge < -0.3 is 9.64 Å². The van der Waals surface area contributed by atoms with Gasteiger partial charge >= 0.3 is 0 Å². The van der Waals surface area contributed by atoms with Crippen molar-refractivity contribution in [2.75, 3.05) is 19.1 Å². The van der Waals surface area contributed by atoms with Gasteiger partial charge in [0.2, 0.25) is 0 Å². The number of amides is 1. The Kier molecular flexibility index (Phi) is 5.71. The lowest BCUT2D eigenvalue weighted by Crippen LogP contribution is -2.40. The molecular formula is C24H25N3O2S2. The first kappa shape index (κ1) is 20.5. The number of para-hydroxylation sites is 3. The van der Waals surface area contributed by atoms with Crippen molar-refractivity contribution in [3.05, 3.63) is 58.5 Å². The minimum Gasteiger partial charge on any atom is -0.494 e. The van der Waals surface area contributed by atoms with Crippen LogP contribution in [0.3, 0.4) is 0 Å². The van der Waals surface area contributed by atoms with Gasteiger partial charge in [-0.1, -0.05) is 55.3 Å². The third kappa shape index (κ3) is 3.74. The Balaban J connectivity index is 1.57. The summed E-state index contributed by atoms with van der Waals surface area (Å²) in [5, 5.41) is 1.75. The fourth-order valence-corrected chi connectivity index (χ4v) is 6.78. The van der Waals surface area contributed by atoms with Crippen LogP contribution in [0, 0.1) is 0 Å². The molecule has 2 fully saturated rings. The predicted molar refractivity (Wildman–Crippen MR) is 129 cm³/mol. The van der Waals surface area contributed by atoms with Crippen LogP contribution in [0.1, 0.15) is 32.1 Å². The van der Waals surface area contributed by atoms with Crippen molar-refractivity contribution in [1.29, 1.82) is 0 Å². The van der Waals surface area contributed by atoms with Gasteiger partial charge in [0.05, 0.1) is 17.8 Å². The molecule has 1 saturated carbocycles. The number of fused-ring (bicyclic) bond motifs is 1. The number of carbonyl (C=O) groups is 1. The topological polar surface area (TPSA) is 45.1 Å². The number of hydrogen-bond acceptors (Lipinski definition) is 6. The Morgan fingerprint density at radius 1 is 1.00 bits per heavy atom. The fraction of sp³-hybridized carbons (Fsp3) is 0.333. The lowest BCUT2D eigenvalue weighted by atomic mass is 9.94. The Labute approximate surface area is 191 Å². The van der Waals surface area contributed by atoms with Crippen LogP contribution in [-0.2, 0) is 4.79 Å². The van der Waals surface area contributed by atoms with E-state index in [4.69, 9.17) is 9.73 Å². The maximum atomic E-state index is 13.7. The number of aliphatic imine (C=N–C) groups is 1. The molecular weight excluding hydrogens is 426 g/mol. The molecule has 3 aliphatic rings. The van der Waals surface area contributed by atoms with Crippen LogP contribution in [0.25, 0.3) is 0 Å². The molecule has 5 rings (SSSR count). The van der Waals surface area contributed by atoms with E-state index >= 15 is 0 Å². The van der Waals surface area contributed by atoms with Crippen LogP contribution in [0.15, 0.2) is 68.4 Å². The molecule has 1 saturated heterocycles. The molecule has 0 atom stereocenters. The minimum absolute atomic E-state index is 0.0766. The first-order valence-electron chi connectivity index (χ1n) is 10.7. The standard InChI is InChI=1S/C24H25N3O2S2/c1-26-18-13-7-9-15-20(18)30-23(26)21-22(28)27(16-10-4-3-5-11-16)24(31-21)25-17-12-6-8-14-19(17)29-2/h6-9,12-16H,3-5,10-11H2,1-2H3/b23-21-,25-24?. The maximum Gasteiger partial charge on any atom is 0.269 e. The summed E-state index contributed by atoms with van der Waals surface area (Å²) < 4.78 is 5.51. The summed E-state index contributed by atoms with van der Waals surface area (Å²) in [6.45, 7) is 0. The molecule has 0 N–H and O–H groups in total. The summed E-state index contributed by atoms with van der Waals surface area (Å²) >= 11 is 3.16. The Hall–Kier alpha value is -2.38. The predicted octanol–water partition coefficient (Wildman–Crippen LogP) is 6.00. The van der Waals surface area contributed by atoms with Gasteiger partial charge in [0.15, 0.2) is 5.17 Å². The first-order valence-corrected chi connectivity index (χ1v) is 12.3. The summed E-state index contributed by atoms with van der Waals surface area (Å²) in [5.74, 6) is 0.792. The van der Waals surface area contributed by atoms with E-state index < -0.39 is 0 Å². The molecule has 0 spiro atoms. The third-order valence-corrected chi connectivity index (χ3v) is 8.39. The van der Waals surface area contributed by atoms with E-state index in [-0.39, 0.29) is 11.9 Å². The number of rotatable bonds is 3. The molecule has 160 valence electrons. The highest BCUT2D eigenvalue weighted by molar-refractivity contribution is 8.19. The number of thioether (sulfide) groups is 2. The zero-order chi connectivity index (χ0) is 21.4. The van der Waals surface area contributed by atoms with Gasteiger partial charge in [0.25, 0.3) is 5.91 Å². The second-order valence-corrected chi connectivity index (χ2v) is 9.91. The monoisotopic (exact) mass is 451 g/mol. The van der Waals surface area contributed by atoms with Gasteiger partial charge in [-0.25, -0.2) is 4.99 Å². The van der Waals surface area contributed by atoms with Crippen LogP contribution >= 0.6 is 23.5 Å². The molecule has 0 radical (unpaired) electrons. The van der Waals surface area contributed by atoms with Gasteiger partial charge in [-0.2, -0.15) is 0 Å². The van der Waals surface area contributed by atoms with E-state index in [0.717, 1.165) is 52.2 Å². The number of nitrogens with zero attached hydrogens (tertiary/aromatic N) is 3. The average molecular weight is 452 g/mol. The molecule has 2 aromatic carbocycles. The van der Waals surface area contributed by atoms with E-state index in [1.807, 2.05) is 48.3 Å². The van der Waals surface area contributed by atoms with E-state index in [0.29, 0.717) is 5.75 Å². The Bertz CT molecular complexity index is 1080. The second-order valence-electron chi connectivity index (χ2n) is 7.90. The Morgan fingerprint density at radius 3 is 2.52 bits per heavy atom. The van der Waals surface area contributed by atoms with Gasteiger partial charge in [-0.3, -0.25) is 9.69 Å². The summed E-state index contributed by atoms with van der Waals surface area (Å²) in [6.07, 6.45) is 5.62. The average Bonchev–Trinajstić information content (AvgIpc) is 3.31. The van der Waals surface area contributed by atoms with E-state index in [1.54, 1.807) is 18.9 Å². The van der Waals surface area contributed by atoms with Crippen molar-refractivity contribution in [3.63, 3.8) is 0 Å². The highest BCUT2D eigenvalue weighted by Gasteiger charge is 2.42. The van der Waals surface area contributed by atoms with Crippen molar-refractivity contribution in [2.24, 2.45) is 4.99 Å². The highest BCUT2D eigenvalue weighted by atomic mass is 32.2. The lowest BCUT2D eigenvalue weighted by Gasteiger charge is -2.30. The molecule has 5 nitrogen and oxygen atoms in total. The first-order chi connectivity index (χ1) is 15.2. The number of methoxy groups -OCH3 is 1. The molecule has 0 unspecified atom stereocenters. The lowest BCUT2D eigenvalue weighted by molar-refractivity contribution is -0.124. The fourth-order valence-electron chi connectivity index (χ4n) is 4.38. The number of hydrogen-bond donors (Lipinski definition) is 0.